The number of carboxylic acid groups (broad SMARTS) is 1. The number of carbonyl (C=O) groups excluding carboxylic acids is 1. The Morgan fingerprint density at radius 2 is 1.76 bits per heavy atom. The summed E-state index contributed by atoms with van der Waals surface area (Å²) in [6.07, 6.45) is 0.599. The highest BCUT2D eigenvalue weighted by Crippen LogP contribution is 2.40. The maximum Gasteiger partial charge on any atom is 0.336 e. The Labute approximate surface area is 251 Å². The summed E-state index contributed by atoms with van der Waals surface area (Å²) in [6.45, 7) is 8.64. The minimum Gasteiger partial charge on any atom is -0.478 e. The number of carbonyl (C=O) groups is 2. The van der Waals surface area contributed by atoms with Gasteiger partial charge in [0.25, 0.3) is 5.91 Å². The second-order valence-corrected chi connectivity index (χ2v) is 13.6. The van der Waals surface area contributed by atoms with Crippen molar-refractivity contribution >= 4 is 50.8 Å². The lowest BCUT2D eigenvalue weighted by atomic mass is 9.94. The fourth-order valence-corrected chi connectivity index (χ4v) is 5.19. The summed E-state index contributed by atoms with van der Waals surface area (Å²) >= 11 is 12.6. The lowest BCUT2D eigenvalue weighted by molar-refractivity contribution is -0.124. The van der Waals surface area contributed by atoms with E-state index in [0.717, 1.165) is 28.6 Å². The van der Waals surface area contributed by atoms with E-state index < -0.39 is 22.1 Å². The first-order valence-electron chi connectivity index (χ1n) is 12.8. The van der Waals surface area contributed by atoms with Crippen LogP contribution in [0.2, 0.25) is 10.0 Å². The van der Waals surface area contributed by atoms with E-state index in [1.807, 2.05) is 36.4 Å². The van der Waals surface area contributed by atoms with Crippen LogP contribution in [0.3, 0.4) is 0 Å². The standard InChI is InChI=1S/C20H21Cl2NO2.C10H13NO4S/c1-20(2,3)12-23-17-9-8-13(21)10-15(17)19(25-11-18(23)24)14-6-4-5-7-16(14)22;1-7-4-3-5-8(10(12)13)9(7)6-11-16(2,14)15/h4-10,19H,11-12H2,1-3H3;3-5,11H,6H2,1-2H3,(H,12,13). The molecule has 1 heterocycles. The molecule has 1 amide bonds. The van der Waals surface area contributed by atoms with Crippen molar-refractivity contribution in [1.29, 1.82) is 0 Å². The predicted octanol–water partition coefficient (Wildman–Crippen LogP) is 6.23. The Kier molecular flexibility index (Phi) is 10.6. The molecule has 0 saturated carbocycles. The number of benzene rings is 3. The van der Waals surface area contributed by atoms with Crippen LogP contribution in [0.5, 0.6) is 0 Å². The third-order valence-corrected chi connectivity index (χ3v) is 7.46. The topological polar surface area (TPSA) is 113 Å². The Morgan fingerprint density at radius 3 is 2.37 bits per heavy atom. The van der Waals surface area contributed by atoms with Crippen LogP contribution >= 0.6 is 23.2 Å². The third kappa shape index (κ3) is 9.02. The van der Waals surface area contributed by atoms with Gasteiger partial charge < -0.3 is 14.7 Å². The summed E-state index contributed by atoms with van der Waals surface area (Å²) in [7, 11) is -3.32. The molecule has 2 N–H and O–H groups in total. The Morgan fingerprint density at radius 1 is 1.07 bits per heavy atom. The Hall–Kier alpha value is -2.95. The van der Waals surface area contributed by atoms with E-state index in [4.69, 9.17) is 33.0 Å². The van der Waals surface area contributed by atoms with Crippen LogP contribution in [-0.2, 0) is 26.1 Å². The van der Waals surface area contributed by atoms with Gasteiger partial charge in [0, 0.05) is 39.9 Å². The maximum atomic E-state index is 12.7. The number of hydrogen-bond donors (Lipinski definition) is 2. The molecule has 0 aromatic heterocycles. The molecule has 11 heteroatoms. The number of aromatic carboxylic acids is 1. The largest absolute Gasteiger partial charge is 0.478 e. The average molecular weight is 622 g/mol. The van der Waals surface area contributed by atoms with Gasteiger partial charge in [0.2, 0.25) is 10.0 Å². The number of anilines is 1. The van der Waals surface area contributed by atoms with Crippen molar-refractivity contribution in [2.75, 3.05) is 24.3 Å². The molecule has 0 bridgehead atoms. The molecule has 1 atom stereocenters. The van der Waals surface area contributed by atoms with Gasteiger partial charge in [-0.25, -0.2) is 17.9 Å². The lowest BCUT2D eigenvalue weighted by Gasteiger charge is -2.30. The first kappa shape index (κ1) is 32.6. The van der Waals surface area contributed by atoms with Crippen LogP contribution in [0.15, 0.2) is 60.7 Å². The molecule has 220 valence electrons. The molecule has 1 aliphatic heterocycles. The van der Waals surface area contributed by atoms with E-state index in [9.17, 15) is 18.0 Å². The number of nitrogens with zero attached hydrogens (tertiary/aromatic N) is 1. The fourth-order valence-electron chi connectivity index (χ4n) is 4.37. The molecule has 8 nitrogen and oxygen atoms in total. The summed E-state index contributed by atoms with van der Waals surface area (Å²) in [4.78, 5) is 25.5. The Bertz CT molecular complexity index is 1540. The molecule has 1 unspecified atom stereocenters. The zero-order chi connectivity index (χ0) is 30.5. The number of nitrogens with one attached hydrogen (secondary N) is 1. The van der Waals surface area contributed by atoms with Gasteiger partial charge in [0.05, 0.1) is 11.8 Å². The molecule has 0 saturated heterocycles. The van der Waals surface area contributed by atoms with Crippen molar-refractivity contribution in [2.24, 2.45) is 5.41 Å². The molecule has 3 aromatic carbocycles. The number of aryl methyl sites for hydroxylation is 1. The van der Waals surface area contributed by atoms with Crippen molar-refractivity contribution in [2.45, 2.75) is 40.3 Å². The third-order valence-electron chi connectivity index (χ3n) is 6.21. The minimum atomic E-state index is -3.32. The number of sulfonamides is 1. The van der Waals surface area contributed by atoms with Crippen molar-refractivity contribution in [3.8, 4) is 0 Å². The van der Waals surface area contributed by atoms with Gasteiger partial charge >= 0.3 is 5.97 Å². The van der Waals surface area contributed by atoms with E-state index in [0.29, 0.717) is 22.2 Å². The monoisotopic (exact) mass is 620 g/mol. The minimum absolute atomic E-state index is 0.00172. The molecular formula is C30H34Cl2N2O6S. The van der Waals surface area contributed by atoms with Crippen LogP contribution in [0.25, 0.3) is 0 Å². The van der Waals surface area contributed by atoms with Crippen molar-refractivity contribution in [3.05, 3.63) is 98.5 Å². The first-order valence-corrected chi connectivity index (χ1v) is 15.4. The normalized spacial score (nSPS) is 15.4. The number of fused-ring (bicyclic) bond motifs is 1. The maximum absolute atomic E-state index is 12.7. The van der Waals surface area contributed by atoms with Crippen molar-refractivity contribution in [1.82, 2.24) is 4.72 Å². The zero-order valence-electron chi connectivity index (χ0n) is 23.6. The van der Waals surface area contributed by atoms with E-state index >= 15 is 0 Å². The highest BCUT2D eigenvalue weighted by Gasteiger charge is 2.32. The van der Waals surface area contributed by atoms with Crippen molar-refractivity contribution < 1.29 is 27.9 Å². The summed E-state index contributed by atoms with van der Waals surface area (Å²) < 4.78 is 30.1. The van der Waals surface area contributed by atoms with Gasteiger partial charge in [0.1, 0.15) is 12.7 Å². The molecule has 0 aliphatic carbocycles. The summed E-state index contributed by atoms with van der Waals surface area (Å²) in [5.74, 6) is -1.12. The van der Waals surface area contributed by atoms with E-state index in [-0.39, 0.29) is 30.0 Å². The molecule has 41 heavy (non-hydrogen) atoms. The molecule has 0 radical (unpaired) electrons. The number of amides is 1. The van der Waals surface area contributed by atoms with Gasteiger partial charge in [-0.2, -0.15) is 0 Å². The van der Waals surface area contributed by atoms with Gasteiger partial charge in [-0.15, -0.1) is 0 Å². The highest BCUT2D eigenvalue weighted by molar-refractivity contribution is 7.88. The van der Waals surface area contributed by atoms with Crippen LogP contribution < -0.4 is 9.62 Å². The number of rotatable bonds is 6. The van der Waals surface area contributed by atoms with Gasteiger partial charge in [0.15, 0.2) is 0 Å². The molecule has 0 spiro atoms. The zero-order valence-corrected chi connectivity index (χ0v) is 25.9. The van der Waals surface area contributed by atoms with Crippen LogP contribution in [-0.4, -0.2) is 44.8 Å². The van der Waals surface area contributed by atoms with Gasteiger partial charge in [-0.05, 0) is 53.8 Å². The second-order valence-electron chi connectivity index (χ2n) is 11.0. The smallest absolute Gasteiger partial charge is 0.336 e. The quantitative estimate of drug-likeness (QED) is 0.337. The van der Waals surface area contributed by atoms with Crippen LogP contribution in [0, 0.1) is 12.3 Å². The Balaban J connectivity index is 0.000000250. The van der Waals surface area contributed by atoms with Gasteiger partial charge in [-0.1, -0.05) is 74.3 Å². The SMILES string of the molecule is CC(C)(C)CN1C(=O)COC(c2ccccc2Cl)c2cc(Cl)ccc21.Cc1cccc(C(=O)O)c1CNS(C)(=O)=O. The molecule has 3 aromatic rings. The fraction of sp³-hybridized carbons (Fsp3) is 0.333. The van der Waals surface area contributed by atoms with Crippen molar-refractivity contribution in [3.63, 3.8) is 0 Å². The van der Waals surface area contributed by atoms with E-state index in [1.165, 1.54) is 6.07 Å². The van der Waals surface area contributed by atoms with E-state index in [1.54, 1.807) is 30.0 Å². The molecule has 0 fully saturated rings. The van der Waals surface area contributed by atoms with E-state index in [2.05, 4.69) is 25.5 Å². The first-order chi connectivity index (χ1) is 19.1. The molecule has 1 aliphatic rings. The number of carboxylic acids is 1. The highest BCUT2D eigenvalue weighted by atomic mass is 35.5. The summed E-state index contributed by atoms with van der Waals surface area (Å²) in [5.41, 5.74) is 3.82. The molecular weight excluding hydrogens is 587 g/mol. The van der Waals surface area contributed by atoms with Crippen LogP contribution in [0.1, 0.15) is 59.5 Å². The molecule has 4 rings (SSSR count). The second kappa shape index (κ2) is 13.4. The van der Waals surface area contributed by atoms with Gasteiger partial charge in [-0.3, -0.25) is 4.79 Å². The predicted molar refractivity (Wildman–Crippen MR) is 162 cm³/mol. The summed E-state index contributed by atoms with van der Waals surface area (Å²) in [5, 5.41) is 10.2. The number of ether oxygens (including phenoxy) is 1. The summed E-state index contributed by atoms with van der Waals surface area (Å²) in [6, 6.07) is 17.9. The number of hydrogen-bond acceptors (Lipinski definition) is 5. The number of halogens is 2. The van der Waals surface area contributed by atoms with Crippen LogP contribution in [0.4, 0.5) is 5.69 Å². The average Bonchev–Trinajstić information content (AvgIpc) is 2.99. The lowest BCUT2D eigenvalue weighted by Crippen LogP contribution is -2.39.